The molecule has 0 aliphatic carbocycles. The lowest BCUT2D eigenvalue weighted by molar-refractivity contribution is -0.122. The molecule has 0 bridgehead atoms. The Kier molecular flexibility index (Phi) is 6.77. The monoisotopic (exact) mass is 288 g/mol. The van der Waals surface area contributed by atoms with Crippen molar-refractivity contribution < 1.29 is 13.9 Å². The van der Waals surface area contributed by atoms with Crippen LogP contribution in [-0.4, -0.2) is 25.7 Å². The van der Waals surface area contributed by atoms with Crippen LogP contribution in [0.4, 0.5) is 4.39 Å². The number of hydrogen-bond donors (Lipinski definition) is 2. The Morgan fingerprint density at radius 2 is 2.32 bits per heavy atom. The van der Waals surface area contributed by atoms with E-state index in [9.17, 15) is 9.18 Å². The smallest absolute Gasteiger partial charge is 0.237 e. The van der Waals surface area contributed by atoms with Gasteiger partial charge in [-0.1, -0.05) is 17.7 Å². The van der Waals surface area contributed by atoms with E-state index in [2.05, 4.69) is 5.32 Å². The summed E-state index contributed by atoms with van der Waals surface area (Å²) in [5.74, 6) is -0.718. The summed E-state index contributed by atoms with van der Waals surface area (Å²) < 4.78 is 17.8. The van der Waals surface area contributed by atoms with Crippen molar-refractivity contribution in [2.75, 3.05) is 13.7 Å². The van der Waals surface area contributed by atoms with Gasteiger partial charge in [0.2, 0.25) is 5.91 Å². The van der Waals surface area contributed by atoms with Gasteiger partial charge < -0.3 is 15.8 Å². The Labute approximate surface area is 117 Å². The van der Waals surface area contributed by atoms with Gasteiger partial charge in [0.05, 0.1) is 11.1 Å². The van der Waals surface area contributed by atoms with Gasteiger partial charge >= 0.3 is 0 Å². The highest BCUT2D eigenvalue weighted by molar-refractivity contribution is 6.30. The van der Waals surface area contributed by atoms with Crippen LogP contribution in [0.15, 0.2) is 18.2 Å². The summed E-state index contributed by atoms with van der Waals surface area (Å²) in [6, 6.07) is 3.75. The molecule has 1 rings (SSSR count). The quantitative estimate of drug-likeness (QED) is 0.753. The lowest BCUT2D eigenvalue weighted by atomic mass is 10.1. The number of carbonyl (C=O) groups excluding carboxylic acids is 1. The summed E-state index contributed by atoms with van der Waals surface area (Å²) in [7, 11) is 1.60. The minimum Gasteiger partial charge on any atom is -0.385 e. The topological polar surface area (TPSA) is 64.3 Å². The van der Waals surface area contributed by atoms with Crippen LogP contribution in [0, 0.1) is 5.82 Å². The Morgan fingerprint density at radius 1 is 1.58 bits per heavy atom. The van der Waals surface area contributed by atoms with Crippen molar-refractivity contribution in [1.29, 1.82) is 0 Å². The van der Waals surface area contributed by atoms with Crippen LogP contribution >= 0.6 is 11.6 Å². The van der Waals surface area contributed by atoms with Crippen molar-refractivity contribution in [3.63, 3.8) is 0 Å². The summed E-state index contributed by atoms with van der Waals surface area (Å²) in [6.07, 6.45) is 1.29. The first-order valence-electron chi connectivity index (χ1n) is 6.00. The van der Waals surface area contributed by atoms with E-state index in [0.29, 0.717) is 13.0 Å². The number of amides is 1. The number of carbonyl (C=O) groups is 1. The van der Waals surface area contributed by atoms with Crippen molar-refractivity contribution in [3.05, 3.63) is 34.6 Å². The molecule has 1 aromatic carbocycles. The average Bonchev–Trinajstić information content (AvgIpc) is 2.40. The van der Waals surface area contributed by atoms with E-state index in [1.54, 1.807) is 13.2 Å². The minimum absolute atomic E-state index is 0.0381. The molecule has 0 saturated heterocycles. The number of benzene rings is 1. The van der Waals surface area contributed by atoms with Gasteiger partial charge in [0.1, 0.15) is 5.82 Å². The van der Waals surface area contributed by atoms with Crippen LogP contribution in [0.5, 0.6) is 0 Å². The zero-order chi connectivity index (χ0) is 14.3. The van der Waals surface area contributed by atoms with Crippen molar-refractivity contribution in [2.24, 2.45) is 5.73 Å². The van der Waals surface area contributed by atoms with E-state index in [1.165, 1.54) is 12.1 Å². The highest BCUT2D eigenvalue weighted by Gasteiger charge is 2.12. The van der Waals surface area contributed by atoms with Crippen molar-refractivity contribution in [3.8, 4) is 0 Å². The number of nitrogens with two attached hydrogens (primary N) is 1. The first-order chi connectivity index (χ1) is 9.04. The highest BCUT2D eigenvalue weighted by atomic mass is 35.5. The van der Waals surface area contributed by atoms with E-state index in [1.807, 2.05) is 0 Å². The van der Waals surface area contributed by atoms with E-state index in [4.69, 9.17) is 22.1 Å². The molecule has 19 heavy (non-hydrogen) atoms. The number of methoxy groups -OCH3 is 1. The molecule has 106 valence electrons. The van der Waals surface area contributed by atoms with Gasteiger partial charge in [-0.3, -0.25) is 4.79 Å². The molecule has 6 heteroatoms. The summed E-state index contributed by atoms with van der Waals surface area (Å²) in [4.78, 5) is 11.7. The van der Waals surface area contributed by atoms with Crippen molar-refractivity contribution >= 4 is 17.5 Å². The number of hydrogen-bond acceptors (Lipinski definition) is 3. The molecule has 3 N–H and O–H groups in total. The average molecular weight is 289 g/mol. The maximum absolute atomic E-state index is 12.9. The number of rotatable bonds is 7. The maximum atomic E-state index is 12.9. The fourth-order valence-electron chi connectivity index (χ4n) is 1.55. The van der Waals surface area contributed by atoms with Gasteiger partial charge in [-0.15, -0.1) is 0 Å². The molecular weight excluding hydrogens is 271 g/mol. The van der Waals surface area contributed by atoms with Gasteiger partial charge in [0, 0.05) is 20.3 Å². The van der Waals surface area contributed by atoms with Crippen LogP contribution in [0.25, 0.3) is 0 Å². The molecule has 1 aromatic rings. The van der Waals surface area contributed by atoms with E-state index < -0.39 is 11.9 Å². The minimum atomic E-state index is -0.564. The largest absolute Gasteiger partial charge is 0.385 e. The Hall–Kier alpha value is -1.17. The Morgan fingerprint density at radius 3 is 2.95 bits per heavy atom. The number of ether oxygens (including phenoxy) is 1. The third kappa shape index (κ3) is 5.55. The van der Waals surface area contributed by atoms with E-state index in [-0.39, 0.29) is 17.5 Å². The van der Waals surface area contributed by atoms with Gasteiger partial charge in [0.25, 0.3) is 0 Å². The van der Waals surface area contributed by atoms with Crippen molar-refractivity contribution in [1.82, 2.24) is 5.32 Å². The highest BCUT2D eigenvalue weighted by Crippen LogP contribution is 2.15. The molecule has 4 nitrogen and oxygen atoms in total. The molecule has 1 amide bonds. The maximum Gasteiger partial charge on any atom is 0.237 e. The van der Waals surface area contributed by atoms with Crippen LogP contribution in [0.1, 0.15) is 18.4 Å². The SMILES string of the molecule is COCCCC(N)C(=O)NCc1ccc(F)c(Cl)c1. The number of nitrogens with one attached hydrogen (secondary N) is 1. The Balaban J connectivity index is 2.38. The predicted octanol–water partition coefficient (Wildman–Crippen LogP) is 1.85. The third-order valence-corrected chi connectivity index (χ3v) is 2.94. The van der Waals surface area contributed by atoms with Crippen LogP contribution in [0.2, 0.25) is 5.02 Å². The van der Waals surface area contributed by atoms with E-state index >= 15 is 0 Å². The predicted molar refractivity (Wildman–Crippen MR) is 72.3 cm³/mol. The summed E-state index contributed by atoms with van der Waals surface area (Å²) in [6.45, 7) is 0.853. The molecule has 0 aliphatic rings. The van der Waals surface area contributed by atoms with Crippen molar-refractivity contribution in [2.45, 2.75) is 25.4 Å². The first kappa shape index (κ1) is 15.9. The molecule has 0 aliphatic heterocycles. The van der Waals surface area contributed by atoms with Gasteiger partial charge in [-0.05, 0) is 30.5 Å². The molecular formula is C13H18ClFN2O2. The molecule has 0 fully saturated rings. The molecule has 0 saturated carbocycles. The molecule has 1 unspecified atom stereocenters. The van der Waals surface area contributed by atoms with Crippen LogP contribution in [-0.2, 0) is 16.1 Å². The molecule has 0 spiro atoms. The van der Waals surface area contributed by atoms with Crippen LogP contribution < -0.4 is 11.1 Å². The zero-order valence-corrected chi connectivity index (χ0v) is 11.5. The fraction of sp³-hybridized carbons (Fsp3) is 0.462. The van der Waals surface area contributed by atoms with Gasteiger partial charge in [-0.2, -0.15) is 0 Å². The lowest BCUT2D eigenvalue weighted by Crippen LogP contribution is -2.40. The lowest BCUT2D eigenvalue weighted by Gasteiger charge is -2.12. The first-order valence-corrected chi connectivity index (χ1v) is 6.38. The summed E-state index contributed by atoms with van der Waals surface area (Å²) in [5.41, 5.74) is 6.45. The standard InChI is InChI=1S/C13H18ClFN2O2/c1-19-6-2-3-12(16)13(18)17-8-9-4-5-11(15)10(14)7-9/h4-5,7,12H,2-3,6,8,16H2,1H3,(H,17,18). The molecule has 1 atom stereocenters. The summed E-state index contributed by atoms with van der Waals surface area (Å²) >= 11 is 5.65. The van der Waals surface area contributed by atoms with Crippen LogP contribution in [0.3, 0.4) is 0 Å². The molecule has 0 heterocycles. The second-order valence-electron chi connectivity index (χ2n) is 4.21. The molecule has 0 aromatic heterocycles. The second kappa shape index (κ2) is 8.09. The fourth-order valence-corrected chi connectivity index (χ4v) is 1.75. The molecule has 0 radical (unpaired) electrons. The second-order valence-corrected chi connectivity index (χ2v) is 4.61. The normalized spacial score (nSPS) is 12.2. The number of halogens is 2. The zero-order valence-electron chi connectivity index (χ0n) is 10.8. The van der Waals surface area contributed by atoms with Gasteiger partial charge in [0.15, 0.2) is 0 Å². The third-order valence-electron chi connectivity index (χ3n) is 2.65. The van der Waals surface area contributed by atoms with E-state index in [0.717, 1.165) is 12.0 Å². The Bertz CT molecular complexity index is 429. The van der Waals surface area contributed by atoms with Gasteiger partial charge in [-0.25, -0.2) is 4.39 Å². The summed E-state index contributed by atoms with van der Waals surface area (Å²) in [5, 5.41) is 2.72.